The summed E-state index contributed by atoms with van der Waals surface area (Å²) < 4.78 is 58.0. The number of rotatable bonds is 3. The number of pyridine rings is 1. The van der Waals surface area contributed by atoms with Crippen molar-refractivity contribution in [3.63, 3.8) is 0 Å². The molecule has 0 aliphatic heterocycles. The van der Waals surface area contributed by atoms with Crippen molar-refractivity contribution in [2.75, 3.05) is 5.73 Å². The summed E-state index contributed by atoms with van der Waals surface area (Å²) in [7, 11) is 0. The van der Waals surface area contributed by atoms with Crippen molar-refractivity contribution in [1.29, 1.82) is 0 Å². The predicted octanol–water partition coefficient (Wildman–Crippen LogP) is 5.28. The second kappa shape index (κ2) is 6.43. The van der Waals surface area contributed by atoms with Gasteiger partial charge in [-0.2, -0.15) is 17.6 Å². The number of halogens is 4. The van der Waals surface area contributed by atoms with Crippen molar-refractivity contribution in [2.24, 2.45) is 0 Å². The van der Waals surface area contributed by atoms with Crippen molar-refractivity contribution in [3.05, 3.63) is 72.3 Å². The van der Waals surface area contributed by atoms with Crippen LogP contribution in [0.15, 0.2) is 60.8 Å². The molecule has 0 fully saturated rings. The number of nitrogens with two attached hydrogens (primary N) is 1. The maximum atomic E-state index is 14.0. The van der Waals surface area contributed by atoms with Crippen LogP contribution in [0.3, 0.4) is 0 Å². The molecule has 128 valence electrons. The minimum absolute atomic E-state index is 0.0361. The number of anilines is 1. The third-order valence-electron chi connectivity index (χ3n) is 3.44. The number of hydrogen-bond acceptors (Lipinski definition) is 3. The first-order valence-corrected chi connectivity index (χ1v) is 7.20. The van der Waals surface area contributed by atoms with E-state index in [0.29, 0.717) is 11.3 Å². The Morgan fingerprint density at radius 3 is 2.44 bits per heavy atom. The summed E-state index contributed by atoms with van der Waals surface area (Å²) in [5.41, 5.74) is 5.70. The number of nitrogens with zero attached hydrogens (tertiary/aromatic N) is 1. The Labute approximate surface area is 140 Å². The maximum absolute atomic E-state index is 14.0. The second-order valence-electron chi connectivity index (χ2n) is 5.23. The summed E-state index contributed by atoms with van der Waals surface area (Å²) in [6.07, 6.45) is -3.20. The van der Waals surface area contributed by atoms with Gasteiger partial charge in [-0.15, -0.1) is 0 Å². The van der Waals surface area contributed by atoms with Crippen LogP contribution in [0, 0.1) is 5.95 Å². The van der Waals surface area contributed by atoms with E-state index < -0.39 is 17.7 Å². The van der Waals surface area contributed by atoms with E-state index in [4.69, 9.17) is 10.5 Å². The van der Waals surface area contributed by atoms with Crippen molar-refractivity contribution in [3.8, 4) is 22.6 Å². The van der Waals surface area contributed by atoms with Gasteiger partial charge in [-0.25, -0.2) is 4.98 Å². The standard InChI is InChI=1S/C18H12F4N2O/c19-17-15(5-2-8-24-17)14-7-6-12(23)10-16(14)25-13-4-1-3-11(9-13)18(20,21)22/h1-10H,23H2. The second-order valence-corrected chi connectivity index (χ2v) is 5.23. The van der Waals surface area contributed by atoms with Gasteiger partial charge in [0.25, 0.3) is 0 Å². The molecular formula is C18H12F4N2O. The van der Waals surface area contributed by atoms with Gasteiger partial charge in [0, 0.05) is 29.1 Å². The van der Waals surface area contributed by atoms with Crippen LogP contribution in [-0.2, 0) is 6.18 Å². The molecule has 0 saturated heterocycles. The number of benzene rings is 2. The normalized spacial score (nSPS) is 11.4. The molecule has 0 amide bonds. The lowest BCUT2D eigenvalue weighted by atomic mass is 10.1. The molecule has 3 nitrogen and oxygen atoms in total. The molecule has 0 aliphatic rings. The average Bonchev–Trinajstić information content (AvgIpc) is 2.55. The summed E-state index contributed by atoms with van der Waals surface area (Å²) in [5, 5.41) is 0. The highest BCUT2D eigenvalue weighted by Gasteiger charge is 2.30. The van der Waals surface area contributed by atoms with Crippen LogP contribution < -0.4 is 10.5 Å². The number of alkyl halides is 3. The quantitative estimate of drug-likeness (QED) is 0.398. The molecule has 7 heteroatoms. The Morgan fingerprint density at radius 1 is 0.920 bits per heavy atom. The first kappa shape index (κ1) is 16.8. The van der Waals surface area contributed by atoms with E-state index in [1.54, 1.807) is 12.1 Å². The van der Waals surface area contributed by atoms with Crippen molar-refractivity contribution in [2.45, 2.75) is 6.18 Å². The number of nitrogen functional groups attached to an aromatic ring is 1. The highest BCUT2D eigenvalue weighted by molar-refractivity contribution is 5.73. The minimum Gasteiger partial charge on any atom is -0.457 e. The Bertz CT molecular complexity index is 910. The van der Waals surface area contributed by atoms with Crippen LogP contribution in [0.2, 0.25) is 0 Å². The number of ether oxygens (including phenoxy) is 1. The molecular weight excluding hydrogens is 336 g/mol. The first-order valence-electron chi connectivity index (χ1n) is 7.20. The first-order chi connectivity index (χ1) is 11.8. The molecule has 0 atom stereocenters. The van der Waals surface area contributed by atoms with Crippen LogP contribution in [0.4, 0.5) is 23.2 Å². The summed E-state index contributed by atoms with van der Waals surface area (Å²) in [6.45, 7) is 0. The fourth-order valence-electron chi connectivity index (χ4n) is 2.30. The molecule has 2 N–H and O–H groups in total. The predicted molar refractivity (Wildman–Crippen MR) is 85.6 cm³/mol. The van der Waals surface area contributed by atoms with Gasteiger partial charge in [-0.3, -0.25) is 0 Å². The largest absolute Gasteiger partial charge is 0.457 e. The summed E-state index contributed by atoms with van der Waals surface area (Å²) in [5.74, 6) is -0.627. The lowest BCUT2D eigenvalue weighted by molar-refractivity contribution is -0.137. The van der Waals surface area contributed by atoms with Crippen LogP contribution >= 0.6 is 0 Å². The van der Waals surface area contributed by atoms with Gasteiger partial charge < -0.3 is 10.5 Å². The fourth-order valence-corrected chi connectivity index (χ4v) is 2.30. The van der Waals surface area contributed by atoms with E-state index in [1.165, 1.54) is 36.5 Å². The minimum atomic E-state index is -4.49. The molecule has 0 spiro atoms. The van der Waals surface area contributed by atoms with E-state index in [9.17, 15) is 17.6 Å². The highest BCUT2D eigenvalue weighted by atomic mass is 19.4. The van der Waals surface area contributed by atoms with Gasteiger partial charge in [0.05, 0.1) is 5.56 Å². The van der Waals surface area contributed by atoms with Crippen molar-refractivity contribution in [1.82, 2.24) is 4.98 Å². The molecule has 0 aliphatic carbocycles. The smallest absolute Gasteiger partial charge is 0.416 e. The monoisotopic (exact) mass is 348 g/mol. The Balaban J connectivity index is 2.04. The number of hydrogen-bond donors (Lipinski definition) is 1. The molecule has 1 heterocycles. The van der Waals surface area contributed by atoms with E-state index in [-0.39, 0.29) is 17.1 Å². The zero-order valence-electron chi connectivity index (χ0n) is 12.7. The SMILES string of the molecule is Nc1ccc(-c2cccnc2F)c(Oc2cccc(C(F)(F)F)c2)c1. The Hall–Kier alpha value is -3.09. The molecule has 0 bridgehead atoms. The summed E-state index contributed by atoms with van der Waals surface area (Å²) >= 11 is 0. The molecule has 0 unspecified atom stereocenters. The molecule has 2 aromatic carbocycles. The van der Waals surface area contributed by atoms with E-state index in [1.807, 2.05) is 0 Å². The summed E-state index contributed by atoms with van der Waals surface area (Å²) in [6, 6.07) is 11.9. The Kier molecular flexibility index (Phi) is 4.31. The highest BCUT2D eigenvalue weighted by Crippen LogP contribution is 2.37. The maximum Gasteiger partial charge on any atom is 0.416 e. The molecule has 25 heavy (non-hydrogen) atoms. The zero-order chi connectivity index (χ0) is 18.0. The molecule has 0 saturated carbocycles. The van der Waals surface area contributed by atoms with Gasteiger partial charge in [0.1, 0.15) is 11.5 Å². The van der Waals surface area contributed by atoms with Crippen LogP contribution in [-0.4, -0.2) is 4.98 Å². The van der Waals surface area contributed by atoms with Crippen molar-refractivity contribution >= 4 is 5.69 Å². The third kappa shape index (κ3) is 3.71. The van der Waals surface area contributed by atoms with Crippen LogP contribution in [0.1, 0.15) is 5.56 Å². The van der Waals surface area contributed by atoms with E-state index in [2.05, 4.69) is 4.98 Å². The lowest BCUT2D eigenvalue weighted by Gasteiger charge is -2.14. The van der Waals surface area contributed by atoms with Gasteiger partial charge in [-0.05, 0) is 42.5 Å². The molecule has 0 radical (unpaired) electrons. The van der Waals surface area contributed by atoms with Gasteiger partial charge in [0.2, 0.25) is 5.95 Å². The van der Waals surface area contributed by atoms with Crippen LogP contribution in [0.5, 0.6) is 11.5 Å². The summed E-state index contributed by atoms with van der Waals surface area (Å²) in [4.78, 5) is 3.57. The average molecular weight is 348 g/mol. The van der Waals surface area contributed by atoms with Crippen molar-refractivity contribution < 1.29 is 22.3 Å². The topological polar surface area (TPSA) is 48.1 Å². The fraction of sp³-hybridized carbons (Fsp3) is 0.0556. The van der Waals surface area contributed by atoms with E-state index in [0.717, 1.165) is 12.1 Å². The third-order valence-corrected chi connectivity index (χ3v) is 3.44. The van der Waals surface area contributed by atoms with Gasteiger partial charge in [0.15, 0.2) is 0 Å². The zero-order valence-corrected chi connectivity index (χ0v) is 12.7. The number of aromatic nitrogens is 1. The Morgan fingerprint density at radius 2 is 1.72 bits per heavy atom. The molecule has 3 rings (SSSR count). The molecule has 3 aromatic rings. The van der Waals surface area contributed by atoms with E-state index >= 15 is 0 Å². The van der Waals surface area contributed by atoms with Gasteiger partial charge in [-0.1, -0.05) is 6.07 Å². The van der Waals surface area contributed by atoms with Crippen LogP contribution in [0.25, 0.3) is 11.1 Å². The lowest BCUT2D eigenvalue weighted by Crippen LogP contribution is -2.04. The molecule has 1 aromatic heterocycles. The van der Waals surface area contributed by atoms with Gasteiger partial charge >= 0.3 is 6.18 Å².